The summed E-state index contributed by atoms with van der Waals surface area (Å²) in [6.07, 6.45) is 13.9. The normalized spacial score (nSPS) is 14.1. The van der Waals surface area contributed by atoms with Crippen LogP contribution in [0, 0.1) is 0 Å². The lowest BCUT2D eigenvalue weighted by Crippen LogP contribution is -2.25. The first-order valence-corrected chi connectivity index (χ1v) is 10.2. The first-order chi connectivity index (χ1) is 13.9. The van der Waals surface area contributed by atoms with Gasteiger partial charge in [-0.15, -0.1) is 0 Å². The van der Waals surface area contributed by atoms with E-state index in [9.17, 15) is 9.90 Å². The van der Waals surface area contributed by atoms with E-state index < -0.39 is 6.10 Å². The van der Waals surface area contributed by atoms with Crippen LogP contribution in [0.4, 0.5) is 0 Å². The Bertz CT molecular complexity index is 766. The van der Waals surface area contributed by atoms with Crippen LogP contribution >= 0.6 is 0 Å². The number of benzene rings is 1. The van der Waals surface area contributed by atoms with Crippen LogP contribution in [0.3, 0.4) is 0 Å². The fraction of sp³-hybridized carbons (Fsp3) is 0.346. The van der Waals surface area contributed by atoms with E-state index >= 15 is 0 Å². The number of allylic oxidation sites excluding steroid dienone is 9. The molecule has 0 aliphatic carbocycles. The van der Waals surface area contributed by atoms with E-state index in [1.807, 2.05) is 75.5 Å². The van der Waals surface area contributed by atoms with E-state index in [2.05, 4.69) is 18.4 Å². The van der Waals surface area contributed by atoms with E-state index in [-0.39, 0.29) is 5.78 Å². The summed E-state index contributed by atoms with van der Waals surface area (Å²) in [7, 11) is 2.02. The zero-order valence-corrected chi connectivity index (χ0v) is 18.3. The minimum absolute atomic E-state index is 0.0128. The van der Waals surface area contributed by atoms with Gasteiger partial charge in [-0.25, -0.2) is 0 Å². The number of hydrogen-bond donors (Lipinski definition) is 1. The van der Waals surface area contributed by atoms with Crippen molar-refractivity contribution in [3.63, 3.8) is 0 Å². The fourth-order valence-electron chi connectivity index (χ4n) is 2.93. The molecule has 1 N–H and O–H groups in total. The Morgan fingerprint density at radius 3 is 2.48 bits per heavy atom. The third-order valence-corrected chi connectivity index (χ3v) is 4.58. The number of carbonyl (C=O) groups is 1. The molecule has 1 aromatic rings. The third-order valence-electron chi connectivity index (χ3n) is 4.58. The summed E-state index contributed by atoms with van der Waals surface area (Å²) < 4.78 is 0. The van der Waals surface area contributed by atoms with E-state index in [1.54, 1.807) is 12.2 Å². The highest BCUT2D eigenvalue weighted by Crippen LogP contribution is 2.15. The number of carbonyl (C=O) groups excluding carboxylic acids is 1. The second-order valence-corrected chi connectivity index (χ2v) is 7.21. The number of hydrogen-bond acceptors (Lipinski definition) is 3. The molecule has 1 aromatic carbocycles. The standard InChI is InChI=1S/C26H35NO2/c1-6-10-21(4)13-16-23(8-3)25(28)12-9-11-22-14-17-24(18-15-22)26(29)20-27(5)19-7-2/h6,8-10,12-18,26,29H,1,7,11,19-20H2,2-5H3. The maximum absolute atomic E-state index is 12.4. The van der Waals surface area contributed by atoms with Gasteiger partial charge >= 0.3 is 0 Å². The van der Waals surface area contributed by atoms with Gasteiger partial charge in [-0.2, -0.15) is 0 Å². The third kappa shape index (κ3) is 9.51. The van der Waals surface area contributed by atoms with Crippen molar-refractivity contribution in [2.75, 3.05) is 20.1 Å². The van der Waals surface area contributed by atoms with Crippen molar-refractivity contribution in [2.24, 2.45) is 0 Å². The largest absolute Gasteiger partial charge is 0.387 e. The first-order valence-electron chi connectivity index (χ1n) is 10.2. The Balaban J connectivity index is 2.63. The maximum atomic E-state index is 12.4. The van der Waals surface area contributed by atoms with Gasteiger partial charge in [-0.05, 0) is 57.5 Å². The molecule has 3 nitrogen and oxygen atoms in total. The van der Waals surface area contributed by atoms with Crippen LogP contribution in [0.1, 0.15) is 44.4 Å². The lowest BCUT2D eigenvalue weighted by molar-refractivity contribution is -0.111. The van der Waals surface area contributed by atoms with E-state index in [4.69, 9.17) is 0 Å². The highest BCUT2D eigenvalue weighted by Gasteiger charge is 2.10. The Kier molecular flexibility index (Phi) is 11.6. The summed E-state index contributed by atoms with van der Waals surface area (Å²) in [5, 5.41) is 10.3. The molecule has 0 saturated carbocycles. The Labute approximate surface area is 176 Å². The van der Waals surface area contributed by atoms with Crippen LogP contribution in [0.2, 0.25) is 0 Å². The maximum Gasteiger partial charge on any atom is 0.185 e. The molecule has 0 aliphatic heterocycles. The second kappa shape index (κ2) is 13.6. The van der Waals surface area contributed by atoms with Crippen molar-refractivity contribution in [2.45, 2.75) is 39.7 Å². The van der Waals surface area contributed by atoms with Gasteiger partial charge in [0.25, 0.3) is 0 Å². The SMILES string of the molecule is C=CC=C(C)C=CC(=CC)C(=O)C=CCc1ccc(C(O)CN(C)CCC)cc1. The molecule has 0 saturated heterocycles. The summed E-state index contributed by atoms with van der Waals surface area (Å²) in [5.74, 6) is -0.0128. The highest BCUT2D eigenvalue weighted by atomic mass is 16.3. The van der Waals surface area contributed by atoms with Crippen LogP contribution in [0.5, 0.6) is 0 Å². The Hall–Kier alpha value is -2.49. The van der Waals surface area contributed by atoms with Crippen LogP contribution in [0.25, 0.3) is 0 Å². The summed E-state index contributed by atoms with van der Waals surface area (Å²) in [6, 6.07) is 7.94. The molecule has 1 unspecified atom stereocenters. The van der Waals surface area contributed by atoms with E-state index in [1.165, 1.54) is 0 Å². The minimum Gasteiger partial charge on any atom is -0.387 e. The molecule has 1 atom stereocenters. The quantitative estimate of drug-likeness (QED) is 0.384. The van der Waals surface area contributed by atoms with Crippen LogP contribution in [-0.2, 0) is 11.2 Å². The summed E-state index contributed by atoms with van der Waals surface area (Å²) in [5.41, 5.74) is 3.72. The van der Waals surface area contributed by atoms with Crippen molar-refractivity contribution in [3.05, 3.63) is 95.6 Å². The highest BCUT2D eigenvalue weighted by molar-refractivity contribution is 6.06. The number of likely N-dealkylation sites (N-methyl/N-ethyl adjacent to an activating group) is 1. The van der Waals surface area contributed by atoms with Crippen LogP contribution < -0.4 is 0 Å². The zero-order chi connectivity index (χ0) is 21.6. The molecule has 0 bridgehead atoms. The van der Waals surface area contributed by atoms with Crippen LogP contribution in [-0.4, -0.2) is 35.9 Å². The monoisotopic (exact) mass is 393 g/mol. The topological polar surface area (TPSA) is 40.5 Å². The summed E-state index contributed by atoms with van der Waals surface area (Å²) >= 11 is 0. The van der Waals surface area contributed by atoms with Crippen molar-refractivity contribution < 1.29 is 9.90 Å². The van der Waals surface area contributed by atoms with Gasteiger partial charge in [0.15, 0.2) is 5.78 Å². The van der Waals surface area contributed by atoms with E-state index in [0.29, 0.717) is 18.5 Å². The minimum atomic E-state index is -0.486. The van der Waals surface area contributed by atoms with Crippen molar-refractivity contribution in [1.29, 1.82) is 0 Å². The van der Waals surface area contributed by atoms with Crippen molar-refractivity contribution in [1.82, 2.24) is 4.90 Å². The predicted molar refractivity (Wildman–Crippen MR) is 124 cm³/mol. The molecule has 0 heterocycles. The molecule has 29 heavy (non-hydrogen) atoms. The molecular formula is C26H35NO2. The van der Waals surface area contributed by atoms with Gasteiger partial charge in [0.2, 0.25) is 0 Å². The number of rotatable bonds is 12. The lowest BCUT2D eigenvalue weighted by Gasteiger charge is -2.20. The number of aliphatic hydroxyl groups is 1. The number of ketones is 1. The Morgan fingerprint density at radius 2 is 1.90 bits per heavy atom. The zero-order valence-electron chi connectivity index (χ0n) is 18.3. The van der Waals surface area contributed by atoms with Crippen molar-refractivity contribution in [3.8, 4) is 0 Å². The fourth-order valence-corrected chi connectivity index (χ4v) is 2.93. The summed E-state index contributed by atoms with van der Waals surface area (Å²) in [4.78, 5) is 14.5. The first kappa shape index (κ1) is 24.5. The van der Waals surface area contributed by atoms with Crippen molar-refractivity contribution >= 4 is 5.78 Å². The summed E-state index contributed by atoms with van der Waals surface area (Å²) in [6.45, 7) is 11.2. The van der Waals surface area contributed by atoms with E-state index in [0.717, 1.165) is 29.7 Å². The molecule has 1 rings (SSSR count). The van der Waals surface area contributed by atoms with Crippen LogP contribution in [0.15, 0.2) is 84.5 Å². The second-order valence-electron chi connectivity index (χ2n) is 7.21. The molecular weight excluding hydrogens is 358 g/mol. The van der Waals surface area contributed by atoms with Gasteiger partial charge in [-0.3, -0.25) is 4.79 Å². The number of aliphatic hydroxyl groups excluding tert-OH is 1. The molecule has 0 aromatic heterocycles. The lowest BCUT2D eigenvalue weighted by atomic mass is 10.0. The molecule has 3 heteroatoms. The molecule has 156 valence electrons. The molecule has 0 fully saturated rings. The number of nitrogens with zero attached hydrogens (tertiary/aromatic N) is 1. The van der Waals surface area contributed by atoms with Gasteiger partial charge < -0.3 is 10.0 Å². The van der Waals surface area contributed by atoms with Gasteiger partial charge in [-0.1, -0.05) is 79.8 Å². The van der Waals surface area contributed by atoms with Gasteiger partial charge in [0, 0.05) is 12.1 Å². The molecule has 0 spiro atoms. The average molecular weight is 394 g/mol. The van der Waals surface area contributed by atoms with Gasteiger partial charge in [0.1, 0.15) is 0 Å². The average Bonchev–Trinajstić information content (AvgIpc) is 2.69. The van der Waals surface area contributed by atoms with Gasteiger partial charge in [0.05, 0.1) is 6.10 Å². The molecule has 0 radical (unpaired) electrons. The molecule has 0 amide bonds. The smallest absolute Gasteiger partial charge is 0.185 e. The molecule has 0 aliphatic rings. The predicted octanol–water partition coefficient (Wildman–Crippen LogP) is 5.36. The Morgan fingerprint density at radius 1 is 1.21 bits per heavy atom.